The van der Waals surface area contributed by atoms with E-state index in [2.05, 4.69) is 11.9 Å². The van der Waals surface area contributed by atoms with E-state index in [-0.39, 0.29) is 24.5 Å². The Morgan fingerprint density at radius 2 is 1.82 bits per heavy atom. The second-order valence-corrected chi connectivity index (χ2v) is 8.35. The third kappa shape index (κ3) is 4.56. The molecular formula is C27H30N2O5. The molecule has 1 aliphatic heterocycles. The van der Waals surface area contributed by atoms with E-state index in [1.165, 1.54) is 4.90 Å². The van der Waals surface area contributed by atoms with E-state index >= 15 is 0 Å². The summed E-state index contributed by atoms with van der Waals surface area (Å²) in [6, 6.07) is 13.9. The number of amides is 1. The molecular weight excluding hydrogens is 432 g/mol. The average Bonchev–Trinajstić information content (AvgIpc) is 3.39. The first-order valence-corrected chi connectivity index (χ1v) is 11.6. The maximum absolute atomic E-state index is 13.1. The van der Waals surface area contributed by atoms with Crippen molar-refractivity contribution >= 4 is 28.4 Å². The molecule has 0 aliphatic carbocycles. The van der Waals surface area contributed by atoms with Gasteiger partial charge in [-0.25, -0.2) is 0 Å². The maximum atomic E-state index is 13.1. The van der Waals surface area contributed by atoms with E-state index in [1.54, 1.807) is 37.6 Å². The van der Waals surface area contributed by atoms with Gasteiger partial charge < -0.3 is 24.5 Å². The van der Waals surface area contributed by atoms with E-state index in [4.69, 9.17) is 9.47 Å². The number of carbonyl (C=O) groups excluding carboxylic acids is 2. The van der Waals surface area contributed by atoms with Gasteiger partial charge in [-0.1, -0.05) is 38.0 Å². The van der Waals surface area contributed by atoms with Crippen molar-refractivity contribution in [1.29, 1.82) is 0 Å². The van der Waals surface area contributed by atoms with Gasteiger partial charge in [-0.2, -0.15) is 0 Å². The number of unbranched alkanes of at least 4 members (excludes halogenated alkanes) is 2. The number of likely N-dealkylation sites (tertiary alicyclic amines) is 1. The number of aliphatic hydroxyl groups excluding tert-OH is 1. The quantitative estimate of drug-likeness (QED) is 0.195. The van der Waals surface area contributed by atoms with Gasteiger partial charge in [0.25, 0.3) is 11.7 Å². The third-order valence-corrected chi connectivity index (χ3v) is 6.14. The molecule has 7 heteroatoms. The van der Waals surface area contributed by atoms with Crippen molar-refractivity contribution < 1.29 is 24.2 Å². The topological polar surface area (TPSA) is 91.9 Å². The van der Waals surface area contributed by atoms with Crippen LogP contribution in [0.25, 0.3) is 16.7 Å². The van der Waals surface area contributed by atoms with Crippen molar-refractivity contribution in [3.8, 4) is 5.75 Å². The fraction of sp³-hybridized carbons (Fsp3) is 0.333. The summed E-state index contributed by atoms with van der Waals surface area (Å²) < 4.78 is 10.9. The lowest BCUT2D eigenvalue weighted by Crippen LogP contribution is -2.32. The zero-order valence-corrected chi connectivity index (χ0v) is 19.5. The van der Waals surface area contributed by atoms with Crippen molar-refractivity contribution in [2.45, 2.75) is 32.2 Å². The van der Waals surface area contributed by atoms with Crippen LogP contribution in [0.1, 0.15) is 43.4 Å². The summed E-state index contributed by atoms with van der Waals surface area (Å²) in [4.78, 5) is 30.8. The predicted molar refractivity (Wildman–Crippen MR) is 131 cm³/mol. The van der Waals surface area contributed by atoms with E-state index in [0.29, 0.717) is 17.9 Å². The number of hydrogen-bond acceptors (Lipinski definition) is 5. The summed E-state index contributed by atoms with van der Waals surface area (Å²) in [7, 11) is 1.54. The lowest BCUT2D eigenvalue weighted by atomic mass is 9.95. The van der Waals surface area contributed by atoms with Crippen LogP contribution >= 0.6 is 0 Å². The lowest BCUT2D eigenvalue weighted by Gasteiger charge is -2.24. The molecule has 178 valence electrons. The number of Topliss-reactive ketones (excluding diaryl/α,β-unsaturated/α-hetero) is 1. The van der Waals surface area contributed by atoms with Gasteiger partial charge in [0.2, 0.25) is 0 Å². The molecule has 2 aromatic carbocycles. The molecule has 0 spiro atoms. The number of nitrogens with one attached hydrogen (secondary N) is 1. The standard InChI is InChI=1S/C27H30N2O5/c1-3-4-7-15-34-19-12-10-18(11-13-19)25(30)23-24(29(14-16-33-2)27(32)26(23)31)21-17-28-22-9-6-5-8-20(21)22/h5-6,8-13,17,24,28,30H,3-4,7,14-16H2,1-2H3/b25-23+. The van der Waals surface area contributed by atoms with Crippen LogP contribution in [0, 0.1) is 0 Å². The number of nitrogens with zero attached hydrogens (tertiary/aromatic N) is 1. The first-order chi connectivity index (χ1) is 16.6. The number of benzene rings is 2. The van der Waals surface area contributed by atoms with Crippen LogP contribution in [0.3, 0.4) is 0 Å². The summed E-state index contributed by atoms with van der Waals surface area (Å²) in [6.45, 7) is 3.27. The summed E-state index contributed by atoms with van der Waals surface area (Å²) in [5, 5.41) is 12.1. The maximum Gasteiger partial charge on any atom is 0.295 e. The molecule has 1 amide bonds. The van der Waals surface area contributed by atoms with Gasteiger partial charge in [-0.05, 0) is 36.8 Å². The van der Waals surface area contributed by atoms with Crippen LogP contribution in [0.2, 0.25) is 0 Å². The number of ether oxygens (including phenoxy) is 2. The van der Waals surface area contributed by atoms with Crippen LogP contribution in [-0.4, -0.2) is 53.5 Å². The van der Waals surface area contributed by atoms with Crippen molar-refractivity contribution in [2.24, 2.45) is 0 Å². The van der Waals surface area contributed by atoms with Crippen molar-refractivity contribution in [1.82, 2.24) is 9.88 Å². The highest BCUT2D eigenvalue weighted by molar-refractivity contribution is 6.46. The summed E-state index contributed by atoms with van der Waals surface area (Å²) in [5.74, 6) is -0.860. The highest BCUT2D eigenvalue weighted by Gasteiger charge is 2.46. The van der Waals surface area contributed by atoms with E-state index in [9.17, 15) is 14.7 Å². The normalized spacial score (nSPS) is 17.6. The number of fused-ring (bicyclic) bond motifs is 1. The number of hydrogen-bond donors (Lipinski definition) is 2. The Morgan fingerprint density at radius 3 is 2.56 bits per heavy atom. The van der Waals surface area contributed by atoms with Crippen molar-refractivity contribution in [3.63, 3.8) is 0 Å². The molecule has 0 radical (unpaired) electrons. The molecule has 1 saturated heterocycles. The monoisotopic (exact) mass is 462 g/mol. The molecule has 0 saturated carbocycles. The molecule has 1 fully saturated rings. The minimum absolute atomic E-state index is 0.0717. The van der Waals surface area contributed by atoms with Gasteiger partial charge in [0.15, 0.2) is 0 Å². The molecule has 1 unspecified atom stereocenters. The van der Waals surface area contributed by atoms with E-state index in [0.717, 1.165) is 35.7 Å². The Labute approximate surface area is 199 Å². The van der Waals surface area contributed by atoms with Crippen molar-refractivity contribution in [2.75, 3.05) is 26.9 Å². The number of aromatic amines is 1. The largest absolute Gasteiger partial charge is 0.507 e. The lowest BCUT2D eigenvalue weighted by molar-refractivity contribution is -0.140. The first kappa shape index (κ1) is 23.6. The Morgan fingerprint density at radius 1 is 1.06 bits per heavy atom. The Balaban J connectivity index is 1.72. The molecule has 1 aliphatic rings. The number of aliphatic hydroxyl groups is 1. The van der Waals surface area contributed by atoms with Crippen LogP contribution in [0.5, 0.6) is 5.75 Å². The average molecular weight is 463 g/mol. The summed E-state index contributed by atoms with van der Waals surface area (Å²) in [6.07, 6.45) is 5.00. The minimum atomic E-state index is -0.726. The smallest absolute Gasteiger partial charge is 0.295 e. The van der Waals surface area contributed by atoms with Crippen LogP contribution in [0.4, 0.5) is 0 Å². The van der Waals surface area contributed by atoms with Gasteiger partial charge in [-0.15, -0.1) is 0 Å². The highest BCUT2D eigenvalue weighted by Crippen LogP contribution is 2.41. The summed E-state index contributed by atoms with van der Waals surface area (Å²) >= 11 is 0. The molecule has 34 heavy (non-hydrogen) atoms. The predicted octanol–water partition coefficient (Wildman–Crippen LogP) is 4.81. The number of methoxy groups -OCH3 is 1. The summed E-state index contributed by atoms with van der Waals surface area (Å²) in [5.41, 5.74) is 2.17. The number of carbonyl (C=O) groups is 2. The first-order valence-electron chi connectivity index (χ1n) is 11.6. The van der Waals surface area contributed by atoms with Gasteiger partial charge >= 0.3 is 0 Å². The van der Waals surface area contributed by atoms with Gasteiger partial charge in [-0.3, -0.25) is 9.59 Å². The molecule has 2 N–H and O–H groups in total. The number of ketones is 1. The number of para-hydroxylation sites is 1. The fourth-order valence-electron chi connectivity index (χ4n) is 4.35. The molecule has 0 bridgehead atoms. The van der Waals surface area contributed by atoms with Gasteiger partial charge in [0.05, 0.1) is 24.8 Å². The number of H-pyrrole nitrogens is 1. The zero-order chi connectivity index (χ0) is 24.1. The Bertz CT molecular complexity index is 1200. The number of aromatic nitrogens is 1. The molecule has 1 atom stereocenters. The number of rotatable bonds is 10. The molecule has 2 heterocycles. The minimum Gasteiger partial charge on any atom is -0.507 e. The van der Waals surface area contributed by atoms with Crippen LogP contribution in [-0.2, 0) is 14.3 Å². The SMILES string of the molecule is CCCCCOc1ccc(/C(O)=C2\C(=O)C(=O)N(CCOC)C2c2c[nH]c3ccccc23)cc1. The molecule has 3 aromatic rings. The van der Waals surface area contributed by atoms with Gasteiger partial charge in [0.1, 0.15) is 11.5 Å². The second kappa shape index (κ2) is 10.6. The molecule has 4 rings (SSSR count). The zero-order valence-electron chi connectivity index (χ0n) is 19.5. The van der Waals surface area contributed by atoms with Crippen molar-refractivity contribution in [3.05, 3.63) is 71.4 Å². The fourth-order valence-corrected chi connectivity index (χ4v) is 4.35. The van der Waals surface area contributed by atoms with E-state index < -0.39 is 17.7 Å². The molecule has 1 aromatic heterocycles. The van der Waals surface area contributed by atoms with E-state index in [1.807, 2.05) is 24.3 Å². The van der Waals surface area contributed by atoms with Crippen LogP contribution < -0.4 is 4.74 Å². The second-order valence-electron chi connectivity index (χ2n) is 8.35. The highest BCUT2D eigenvalue weighted by atomic mass is 16.5. The third-order valence-electron chi connectivity index (χ3n) is 6.14. The Kier molecular flexibility index (Phi) is 7.33. The molecule has 7 nitrogen and oxygen atoms in total. The Hall–Kier alpha value is -3.58. The van der Waals surface area contributed by atoms with Crippen LogP contribution in [0.15, 0.2) is 60.3 Å². The van der Waals surface area contributed by atoms with Gasteiger partial charge in [0, 0.05) is 41.9 Å².